The lowest BCUT2D eigenvalue weighted by Crippen LogP contribution is -2.29. The summed E-state index contributed by atoms with van der Waals surface area (Å²) in [7, 11) is 0. The molecule has 3 aromatic rings. The summed E-state index contributed by atoms with van der Waals surface area (Å²) >= 11 is 1.66. The van der Waals surface area contributed by atoms with Gasteiger partial charge in [-0.25, -0.2) is 5.84 Å². The number of hydrogen-bond acceptors (Lipinski definition) is 4. The number of rotatable bonds is 4. The lowest BCUT2D eigenvalue weighted by atomic mass is 10.1. The second-order valence-electron chi connectivity index (χ2n) is 4.57. The Labute approximate surface area is 126 Å². The maximum Gasteiger partial charge on any atom is 0.268 e. The minimum Gasteiger partial charge on any atom is -0.468 e. The Bertz CT molecular complexity index is 783. The highest BCUT2D eigenvalue weighted by atomic mass is 32.2. The number of amides is 1. The van der Waals surface area contributed by atoms with E-state index in [1.807, 2.05) is 12.1 Å². The van der Waals surface area contributed by atoms with Crippen LogP contribution in [0.3, 0.4) is 0 Å². The number of nitrogen functional groups attached to an aromatic ring is 1. The molecule has 0 saturated heterocycles. The van der Waals surface area contributed by atoms with Gasteiger partial charge in [-0.05, 0) is 29.0 Å². The van der Waals surface area contributed by atoms with Gasteiger partial charge >= 0.3 is 0 Å². The molecule has 0 aliphatic carbocycles. The van der Waals surface area contributed by atoms with Crippen molar-refractivity contribution < 1.29 is 9.21 Å². The summed E-state index contributed by atoms with van der Waals surface area (Å²) in [5.74, 6) is 6.14. The monoisotopic (exact) mass is 298 g/mol. The van der Waals surface area contributed by atoms with Crippen molar-refractivity contribution in [2.75, 3.05) is 0 Å². The Morgan fingerprint density at radius 2 is 1.95 bits per heavy atom. The fourth-order valence-electron chi connectivity index (χ4n) is 2.07. The summed E-state index contributed by atoms with van der Waals surface area (Å²) in [5.41, 5.74) is 2.52. The van der Waals surface area contributed by atoms with Crippen molar-refractivity contribution in [3.8, 4) is 0 Å². The van der Waals surface area contributed by atoms with Crippen LogP contribution in [0.25, 0.3) is 10.8 Å². The topological polar surface area (TPSA) is 68.3 Å². The van der Waals surface area contributed by atoms with E-state index in [4.69, 9.17) is 10.3 Å². The fourth-order valence-corrected chi connectivity index (χ4v) is 2.91. The highest BCUT2D eigenvalue weighted by molar-refractivity contribution is 7.98. The van der Waals surface area contributed by atoms with Gasteiger partial charge < -0.3 is 4.42 Å². The van der Waals surface area contributed by atoms with Gasteiger partial charge in [0, 0.05) is 4.90 Å². The standard InChI is InChI=1S/C16H14N2O2S/c17-18-16(19)13-7-14(20-9-13)10-21-15-6-5-11-3-1-2-4-12(11)8-15/h1-9H,10,17H2,(H,18,19). The van der Waals surface area contributed by atoms with Crippen molar-refractivity contribution in [2.45, 2.75) is 10.6 Å². The number of furan rings is 1. The first-order valence-corrected chi connectivity index (χ1v) is 7.45. The average molecular weight is 298 g/mol. The molecule has 0 atom stereocenters. The van der Waals surface area contributed by atoms with E-state index in [0.29, 0.717) is 11.3 Å². The second-order valence-corrected chi connectivity index (χ2v) is 5.62. The first kappa shape index (κ1) is 13.7. The second kappa shape index (κ2) is 6.03. The smallest absolute Gasteiger partial charge is 0.268 e. The molecule has 1 heterocycles. The van der Waals surface area contributed by atoms with Crippen LogP contribution in [0, 0.1) is 0 Å². The van der Waals surface area contributed by atoms with E-state index in [0.717, 1.165) is 10.7 Å². The zero-order valence-electron chi connectivity index (χ0n) is 11.2. The van der Waals surface area contributed by atoms with Crippen LogP contribution in [0.2, 0.25) is 0 Å². The van der Waals surface area contributed by atoms with Crippen molar-refractivity contribution in [1.82, 2.24) is 5.43 Å². The van der Waals surface area contributed by atoms with E-state index in [1.54, 1.807) is 17.8 Å². The highest BCUT2D eigenvalue weighted by Gasteiger charge is 2.09. The van der Waals surface area contributed by atoms with Gasteiger partial charge in [0.1, 0.15) is 12.0 Å². The van der Waals surface area contributed by atoms with E-state index in [1.165, 1.54) is 17.0 Å². The molecule has 0 bridgehead atoms. The van der Waals surface area contributed by atoms with Crippen LogP contribution in [0.5, 0.6) is 0 Å². The van der Waals surface area contributed by atoms with E-state index in [2.05, 4.69) is 35.8 Å². The molecule has 5 heteroatoms. The predicted molar refractivity (Wildman–Crippen MR) is 83.9 cm³/mol. The maximum atomic E-state index is 11.3. The highest BCUT2D eigenvalue weighted by Crippen LogP contribution is 2.27. The van der Waals surface area contributed by atoms with Crippen molar-refractivity contribution in [2.24, 2.45) is 5.84 Å². The molecule has 3 N–H and O–H groups in total. The first-order chi connectivity index (χ1) is 10.3. The number of thioether (sulfide) groups is 1. The molecule has 106 valence electrons. The van der Waals surface area contributed by atoms with Crippen LogP contribution in [0.15, 0.2) is 64.1 Å². The van der Waals surface area contributed by atoms with Crippen molar-refractivity contribution >= 4 is 28.4 Å². The molecule has 4 nitrogen and oxygen atoms in total. The molecule has 21 heavy (non-hydrogen) atoms. The normalized spacial score (nSPS) is 10.7. The van der Waals surface area contributed by atoms with E-state index in [9.17, 15) is 4.79 Å². The SMILES string of the molecule is NNC(=O)c1coc(CSc2ccc3ccccc3c2)c1. The lowest BCUT2D eigenvalue weighted by Gasteiger charge is -2.02. The van der Waals surface area contributed by atoms with Gasteiger partial charge in [-0.2, -0.15) is 0 Å². The van der Waals surface area contributed by atoms with Gasteiger partial charge in [-0.15, -0.1) is 11.8 Å². The maximum absolute atomic E-state index is 11.3. The van der Waals surface area contributed by atoms with Crippen LogP contribution in [0.4, 0.5) is 0 Å². The quantitative estimate of drug-likeness (QED) is 0.335. The zero-order chi connectivity index (χ0) is 14.7. The third-order valence-corrected chi connectivity index (χ3v) is 4.17. The van der Waals surface area contributed by atoms with Gasteiger partial charge in [0.2, 0.25) is 0 Å². The van der Waals surface area contributed by atoms with Gasteiger partial charge in [-0.3, -0.25) is 10.2 Å². The molecule has 1 amide bonds. The van der Waals surface area contributed by atoms with Gasteiger partial charge in [0.15, 0.2) is 0 Å². The molecule has 0 aliphatic heterocycles. The van der Waals surface area contributed by atoms with Crippen molar-refractivity contribution in [3.63, 3.8) is 0 Å². The Kier molecular flexibility index (Phi) is 3.94. The molecule has 2 aromatic carbocycles. The Morgan fingerprint density at radius 1 is 1.14 bits per heavy atom. The Morgan fingerprint density at radius 3 is 2.76 bits per heavy atom. The number of fused-ring (bicyclic) bond motifs is 1. The number of benzene rings is 2. The summed E-state index contributed by atoms with van der Waals surface area (Å²) in [6, 6.07) is 16.3. The van der Waals surface area contributed by atoms with Crippen LogP contribution in [-0.4, -0.2) is 5.91 Å². The third-order valence-electron chi connectivity index (χ3n) is 3.15. The minimum atomic E-state index is -0.347. The largest absolute Gasteiger partial charge is 0.468 e. The molecule has 0 aliphatic rings. The summed E-state index contributed by atoms with van der Waals surface area (Å²) in [6.45, 7) is 0. The minimum absolute atomic E-state index is 0.347. The van der Waals surface area contributed by atoms with Crippen molar-refractivity contribution in [1.29, 1.82) is 0 Å². The number of carbonyl (C=O) groups is 1. The molecule has 1 aromatic heterocycles. The molecular weight excluding hydrogens is 284 g/mol. The molecule has 0 spiro atoms. The number of nitrogens with two attached hydrogens (primary N) is 1. The van der Waals surface area contributed by atoms with Gasteiger partial charge in [0.25, 0.3) is 5.91 Å². The summed E-state index contributed by atoms with van der Waals surface area (Å²) in [5, 5.41) is 2.44. The number of carbonyl (C=O) groups excluding carboxylic acids is 1. The van der Waals surface area contributed by atoms with E-state index in [-0.39, 0.29) is 5.91 Å². The molecule has 0 unspecified atom stereocenters. The molecular formula is C16H14N2O2S. The fraction of sp³-hybridized carbons (Fsp3) is 0.0625. The number of hydrazine groups is 1. The predicted octanol–water partition coefficient (Wildman–Crippen LogP) is 3.33. The number of hydrogen-bond donors (Lipinski definition) is 2. The van der Waals surface area contributed by atoms with E-state index >= 15 is 0 Å². The Balaban J connectivity index is 1.71. The van der Waals surface area contributed by atoms with Gasteiger partial charge in [-0.1, -0.05) is 30.3 Å². The number of nitrogens with one attached hydrogen (secondary N) is 1. The van der Waals surface area contributed by atoms with E-state index < -0.39 is 0 Å². The average Bonchev–Trinajstić information content (AvgIpc) is 3.01. The summed E-state index contributed by atoms with van der Waals surface area (Å²) < 4.78 is 5.36. The van der Waals surface area contributed by atoms with Crippen LogP contribution in [-0.2, 0) is 5.75 Å². The lowest BCUT2D eigenvalue weighted by molar-refractivity contribution is 0.0953. The third kappa shape index (κ3) is 3.09. The van der Waals surface area contributed by atoms with Crippen molar-refractivity contribution in [3.05, 3.63) is 66.1 Å². The van der Waals surface area contributed by atoms with Crippen LogP contribution < -0.4 is 11.3 Å². The molecule has 0 saturated carbocycles. The molecule has 0 fully saturated rings. The molecule has 3 rings (SSSR count). The first-order valence-electron chi connectivity index (χ1n) is 6.46. The van der Waals surface area contributed by atoms with Crippen LogP contribution in [0.1, 0.15) is 16.1 Å². The van der Waals surface area contributed by atoms with Gasteiger partial charge in [0.05, 0.1) is 11.3 Å². The van der Waals surface area contributed by atoms with Crippen LogP contribution >= 0.6 is 11.8 Å². The summed E-state index contributed by atoms with van der Waals surface area (Å²) in [6.07, 6.45) is 1.42. The Hall–Kier alpha value is -2.24. The summed E-state index contributed by atoms with van der Waals surface area (Å²) in [4.78, 5) is 12.5. The molecule has 0 radical (unpaired) electrons. The zero-order valence-corrected chi connectivity index (χ0v) is 12.0.